The van der Waals surface area contributed by atoms with Gasteiger partial charge in [0.05, 0.1) is 50.9 Å². The fourth-order valence-corrected chi connectivity index (χ4v) is 4.62. The highest BCUT2D eigenvalue weighted by Crippen LogP contribution is 2.41. The first-order valence-corrected chi connectivity index (χ1v) is 12.4. The number of fused-ring (bicyclic) bond motifs is 1. The van der Waals surface area contributed by atoms with Crippen molar-refractivity contribution in [1.82, 2.24) is 20.1 Å². The fourth-order valence-electron chi connectivity index (χ4n) is 4.62. The minimum absolute atomic E-state index is 0.109. The molecule has 0 spiro atoms. The molecule has 0 bridgehead atoms. The second-order valence-corrected chi connectivity index (χ2v) is 9.44. The second-order valence-electron chi connectivity index (χ2n) is 9.44. The topological polar surface area (TPSA) is 109 Å². The number of rotatable bonds is 9. The highest BCUT2D eigenvalue weighted by molar-refractivity contribution is 6.20. The van der Waals surface area contributed by atoms with Crippen LogP contribution < -0.4 is 24.6 Å². The van der Waals surface area contributed by atoms with E-state index in [0.717, 1.165) is 29.4 Å². The van der Waals surface area contributed by atoms with Gasteiger partial charge in [-0.05, 0) is 25.8 Å². The molecule has 0 atom stereocenters. The van der Waals surface area contributed by atoms with Crippen molar-refractivity contribution in [2.24, 2.45) is 0 Å². The summed E-state index contributed by atoms with van der Waals surface area (Å²) in [6, 6.07) is 2.53. The van der Waals surface area contributed by atoms with Gasteiger partial charge in [-0.15, -0.1) is 0 Å². The molecule has 3 aromatic rings. The number of methoxy groups -OCH3 is 2. The molecule has 1 aliphatic carbocycles. The molecule has 0 radical (unpaired) electrons. The van der Waals surface area contributed by atoms with Gasteiger partial charge in [-0.3, -0.25) is 19.5 Å². The summed E-state index contributed by atoms with van der Waals surface area (Å²) in [4.78, 5) is 21.0. The summed E-state index contributed by atoms with van der Waals surface area (Å²) in [5.41, 5.74) is 2.60. The van der Waals surface area contributed by atoms with Crippen LogP contribution in [0.4, 0.5) is 25.0 Å². The maximum absolute atomic E-state index is 15.5. The zero-order valence-corrected chi connectivity index (χ0v) is 22.1. The van der Waals surface area contributed by atoms with E-state index in [1.165, 1.54) is 19.1 Å². The summed E-state index contributed by atoms with van der Waals surface area (Å²) >= 11 is 0. The summed E-state index contributed by atoms with van der Waals surface area (Å²) in [5, 5.41) is 15.5. The number of hydrogen-bond donors (Lipinski definition) is 2. The number of aromatic nitrogens is 3. The van der Waals surface area contributed by atoms with Crippen molar-refractivity contribution in [2.75, 3.05) is 31.1 Å². The van der Waals surface area contributed by atoms with Crippen molar-refractivity contribution in [3.05, 3.63) is 65.4 Å². The number of amides is 2. The number of allylic oxidation sites excluding steroid dienone is 1. The lowest BCUT2D eigenvalue weighted by molar-refractivity contribution is 0.249. The molecule has 39 heavy (non-hydrogen) atoms. The van der Waals surface area contributed by atoms with Crippen molar-refractivity contribution in [3.63, 3.8) is 0 Å². The Labute approximate surface area is 224 Å². The molecule has 1 aliphatic heterocycles. The SMILES string of the molecule is CN/C=C(\C(C)=N)c1cc2c(cn1)CN(c1c(F)c(OC)cc(OC)c1F)C(=O)N2Cc1cnn(C2CC2)c1. The third-order valence-corrected chi connectivity index (χ3v) is 6.75. The average molecular weight is 538 g/mol. The van der Waals surface area contributed by atoms with E-state index >= 15 is 8.78 Å². The number of pyridine rings is 1. The first-order valence-electron chi connectivity index (χ1n) is 12.4. The van der Waals surface area contributed by atoms with Crippen LogP contribution in [0, 0.1) is 17.0 Å². The van der Waals surface area contributed by atoms with E-state index in [1.807, 2.05) is 10.9 Å². The van der Waals surface area contributed by atoms with Gasteiger partial charge in [0, 0.05) is 54.1 Å². The molecule has 0 unspecified atom stereocenters. The number of hydrogen-bond acceptors (Lipinski definition) is 7. The highest BCUT2D eigenvalue weighted by Gasteiger charge is 2.37. The van der Waals surface area contributed by atoms with Crippen LogP contribution in [0.3, 0.4) is 0 Å². The zero-order chi connectivity index (χ0) is 27.8. The lowest BCUT2D eigenvalue weighted by atomic mass is 10.0. The van der Waals surface area contributed by atoms with E-state index in [9.17, 15) is 4.79 Å². The molecule has 204 valence electrons. The Morgan fingerprint density at radius 1 is 1.18 bits per heavy atom. The standard InChI is InChI=1S/C27H29F2N7O3/c1-15(30)19(11-31-2)20-7-21-17(10-32-20)14-35(26-24(28)22(38-3)8-23(39-4)25(26)29)27(37)34(21)12-16-9-33-36(13-16)18-5-6-18/h7-11,13,18,30-31H,5-6,12,14H2,1-4H3/b19-11+,30-15?. The van der Waals surface area contributed by atoms with Crippen molar-refractivity contribution in [3.8, 4) is 11.5 Å². The number of halogens is 2. The van der Waals surface area contributed by atoms with Crippen LogP contribution in [0.2, 0.25) is 0 Å². The van der Waals surface area contributed by atoms with Crippen molar-refractivity contribution in [1.29, 1.82) is 5.41 Å². The number of nitrogens with one attached hydrogen (secondary N) is 2. The summed E-state index contributed by atoms with van der Waals surface area (Å²) in [5.74, 6) is -2.54. The van der Waals surface area contributed by atoms with E-state index in [0.29, 0.717) is 28.6 Å². The van der Waals surface area contributed by atoms with Crippen molar-refractivity contribution < 1.29 is 23.0 Å². The fraction of sp³-hybridized carbons (Fsp3) is 0.333. The molecule has 12 heteroatoms. The number of ether oxygens (including phenoxy) is 2. The molecule has 0 saturated heterocycles. The monoisotopic (exact) mass is 537 g/mol. The Morgan fingerprint density at radius 3 is 2.46 bits per heavy atom. The quantitative estimate of drug-likeness (QED) is 0.385. The summed E-state index contributed by atoms with van der Waals surface area (Å²) in [6.07, 6.45) is 8.89. The molecule has 1 fully saturated rings. The molecule has 1 saturated carbocycles. The van der Waals surface area contributed by atoms with Gasteiger partial charge in [-0.2, -0.15) is 5.10 Å². The molecular formula is C27H29F2N7O3. The third-order valence-electron chi connectivity index (χ3n) is 6.75. The number of nitrogens with zero attached hydrogens (tertiary/aromatic N) is 5. The maximum atomic E-state index is 15.5. The Hall–Kier alpha value is -4.48. The van der Waals surface area contributed by atoms with Gasteiger partial charge < -0.3 is 20.2 Å². The van der Waals surface area contributed by atoms with E-state index in [2.05, 4.69) is 15.4 Å². The molecule has 1 aromatic carbocycles. The minimum atomic E-state index is -1.02. The van der Waals surface area contributed by atoms with E-state index in [4.69, 9.17) is 14.9 Å². The lowest BCUT2D eigenvalue weighted by Gasteiger charge is -2.37. The van der Waals surface area contributed by atoms with Gasteiger partial charge in [0.2, 0.25) is 0 Å². The Morgan fingerprint density at radius 2 is 1.87 bits per heavy atom. The van der Waals surface area contributed by atoms with Crippen LogP contribution in [0.5, 0.6) is 11.5 Å². The summed E-state index contributed by atoms with van der Waals surface area (Å²) < 4.78 is 43.0. The number of urea groups is 1. The first-order chi connectivity index (χ1) is 18.8. The van der Waals surface area contributed by atoms with Crippen LogP contribution in [0.15, 0.2) is 36.9 Å². The maximum Gasteiger partial charge on any atom is 0.329 e. The van der Waals surface area contributed by atoms with Crippen molar-refractivity contribution in [2.45, 2.75) is 38.9 Å². The van der Waals surface area contributed by atoms with Crippen LogP contribution in [-0.4, -0.2) is 47.8 Å². The smallest absolute Gasteiger partial charge is 0.329 e. The van der Waals surface area contributed by atoms with Gasteiger partial charge in [0.25, 0.3) is 0 Å². The van der Waals surface area contributed by atoms with Gasteiger partial charge in [-0.1, -0.05) is 0 Å². The second kappa shape index (κ2) is 10.4. The molecular weight excluding hydrogens is 508 g/mol. The Bertz CT molecular complexity index is 1450. The van der Waals surface area contributed by atoms with Gasteiger partial charge in [0.15, 0.2) is 23.1 Å². The summed E-state index contributed by atoms with van der Waals surface area (Å²) in [6.45, 7) is 1.61. The Kier molecular flexibility index (Phi) is 6.94. The van der Waals surface area contributed by atoms with Crippen molar-refractivity contribution >= 4 is 28.7 Å². The summed E-state index contributed by atoms with van der Waals surface area (Å²) in [7, 11) is 4.23. The van der Waals surface area contributed by atoms with E-state index < -0.39 is 23.4 Å². The molecule has 2 aromatic heterocycles. The number of anilines is 2. The lowest BCUT2D eigenvalue weighted by Crippen LogP contribution is -2.47. The van der Waals surface area contributed by atoms with E-state index in [1.54, 1.807) is 38.6 Å². The largest absolute Gasteiger partial charge is 0.493 e. The van der Waals surface area contributed by atoms with Crippen LogP contribution >= 0.6 is 0 Å². The molecule has 10 nitrogen and oxygen atoms in total. The normalized spacial score (nSPS) is 15.3. The zero-order valence-electron chi connectivity index (χ0n) is 22.1. The average Bonchev–Trinajstić information content (AvgIpc) is 3.67. The first kappa shape index (κ1) is 26.1. The van der Waals surface area contributed by atoms with Gasteiger partial charge >= 0.3 is 6.03 Å². The van der Waals surface area contributed by atoms with Crippen LogP contribution in [-0.2, 0) is 13.1 Å². The number of benzene rings is 1. The third kappa shape index (κ3) is 4.77. The number of carbonyl (C=O) groups is 1. The van der Waals surface area contributed by atoms with E-state index in [-0.39, 0.29) is 30.3 Å². The molecule has 5 rings (SSSR count). The predicted molar refractivity (Wildman–Crippen MR) is 142 cm³/mol. The highest BCUT2D eigenvalue weighted by atomic mass is 19.1. The van der Waals surface area contributed by atoms with Gasteiger partial charge in [-0.25, -0.2) is 13.6 Å². The van der Waals surface area contributed by atoms with Crippen LogP contribution in [0.25, 0.3) is 5.57 Å². The molecule has 2 aliphatic rings. The molecule has 3 heterocycles. The number of carbonyl (C=O) groups excluding carboxylic acids is 1. The molecule has 2 N–H and O–H groups in total. The Balaban J connectivity index is 1.63. The van der Waals surface area contributed by atoms with Gasteiger partial charge in [0.1, 0.15) is 5.69 Å². The molecule has 2 amide bonds. The van der Waals surface area contributed by atoms with Crippen LogP contribution in [0.1, 0.15) is 42.6 Å². The minimum Gasteiger partial charge on any atom is -0.493 e. The predicted octanol–water partition coefficient (Wildman–Crippen LogP) is 4.66.